The van der Waals surface area contributed by atoms with Gasteiger partial charge in [0.1, 0.15) is 11.9 Å². The summed E-state index contributed by atoms with van der Waals surface area (Å²) in [5.41, 5.74) is 5.85. The number of hydrogen-bond donors (Lipinski definition) is 3. The molecule has 21 heavy (non-hydrogen) atoms. The van der Waals surface area contributed by atoms with Gasteiger partial charge in [-0.3, -0.25) is 9.48 Å². The van der Waals surface area contributed by atoms with Crippen LogP contribution in [0.4, 0.5) is 10.1 Å². The summed E-state index contributed by atoms with van der Waals surface area (Å²) in [5.74, 6) is -2.60. The van der Waals surface area contributed by atoms with Crippen LogP contribution in [-0.4, -0.2) is 26.8 Å². The number of hydrogen-bond acceptors (Lipinski definition) is 4. The van der Waals surface area contributed by atoms with Crippen molar-refractivity contribution in [2.45, 2.75) is 6.04 Å². The Bertz CT molecular complexity index is 698. The minimum Gasteiger partial charge on any atom is -0.478 e. The lowest BCUT2D eigenvalue weighted by molar-refractivity contribution is -0.117. The van der Waals surface area contributed by atoms with Crippen LogP contribution in [0.2, 0.25) is 0 Å². The molecule has 1 heterocycles. The molecule has 0 radical (unpaired) electrons. The van der Waals surface area contributed by atoms with E-state index in [-0.39, 0.29) is 11.3 Å². The van der Waals surface area contributed by atoms with E-state index in [0.717, 1.165) is 18.2 Å². The van der Waals surface area contributed by atoms with Gasteiger partial charge in [-0.25, -0.2) is 9.18 Å². The Morgan fingerprint density at radius 1 is 1.48 bits per heavy atom. The first-order chi connectivity index (χ1) is 9.88. The Morgan fingerprint density at radius 3 is 2.76 bits per heavy atom. The molecule has 0 fully saturated rings. The van der Waals surface area contributed by atoms with Crippen molar-refractivity contribution in [1.82, 2.24) is 9.78 Å². The predicted molar refractivity (Wildman–Crippen MR) is 72.1 cm³/mol. The van der Waals surface area contributed by atoms with Gasteiger partial charge >= 0.3 is 5.97 Å². The third kappa shape index (κ3) is 3.23. The Labute approximate surface area is 119 Å². The highest BCUT2D eigenvalue weighted by Gasteiger charge is 2.20. The molecular weight excluding hydrogens is 279 g/mol. The van der Waals surface area contributed by atoms with E-state index in [9.17, 15) is 14.0 Å². The molecule has 2 rings (SSSR count). The molecule has 0 saturated carbocycles. The third-order valence-corrected chi connectivity index (χ3v) is 2.84. The SMILES string of the molecule is Cn1cc(C(N)C(=O)Nc2cc(F)ccc2C(=O)O)cn1. The number of nitrogens with two attached hydrogens (primary N) is 1. The molecule has 1 amide bonds. The largest absolute Gasteiger partial charge is 0.478 e. The smallest absolute Gasteiger partial charge is 0.337 e. The van der Waals surface area contributed by atoms with Gasteiger partial charge in [0, 0.05) is 18.8 Å². The fourth-order valence-corrected chi connectivity index (χ4v) is 1.77. The molecule has 2 aromatic rings. The summed E-state index contributed by atoms with van der Waals surface area (Å²) in [6, 6.07) is 1.96. The van der Waals surface area contributed by atoms with Gasteiger partial charge in [-0.15, -0.1) is 0 Å². The van der Waals surface area contributed by atoms with E-state index in [1.807, 2.05) is 0 Å². The van der Waals surface area contributed by atoms with Crippen LogP contribution in [0, 0.1) is 5.82 Å². The highest BCUT2D eigenvalue weighted by atomic mass is 19.1. The van der Waals surface area contributed by atoms with E-state index < -0.39 is 23.7 Å². The molecule has 7 nitrogen and oxygen atoms in total. The number of aromatic nitrogens is 2. The van der Waals surface area contributed by atoms with Crippen molar-refractivity contribution >= 4 is 17.6 Å². The molecular formula is C13H13FN4O3. The lowest BCUT2D eigenvalue weighted by Gasteiger charge is -2.12. The van der Waals surface area contributed by atoms with E-state index in [1.54, 1.807) is 13.2 Å². The summed E-state index contributed by atoms with van der Waals surface area (Å²) >= 11 is 0. The number of aromatic carboxylic acids is 1. The van der Waals surface area contributed by atoms with E-state index >= 15 is 0 Å². The average molecular weight is 292 g/mol. The fraction of sp³-hybridized carbons (Fsp3) is 0.154. The van der Waals surface area contributed by atoms with E-state index in [4.69, 9.17) is 10.8 Å². The van der Waals surface area contributed by atoms with Crippen LogP contribution in [0.25, 0.3) is 0 Å². The number of benzene rings is 1. The topological polar surface area (TPSA) is 110 Å². The summed E-state index contributed by atoms with van der Waals surface area (Å²) in [6.07, 6.45) is 2.99. The van der Waals surface area contributed by atoms with Crippen molar-refractivity contribution in [3.8, 4) is 0 Å². The van der Waals surface area contributed by atoms with Crippen LogP contribution < -0.4 is 11.1 Å². The van der Waals surface area contributed by atoms with Crippen LogP contribution in [0.3, 0.4) is 0 Å². The number of carboxylic acid groups (broad SMARTS) is 1. The standard InChI is InChI=1S/C13H13FN4O3/c1-18-6-7(5-16-18)11(15)12(19)17-10-4-8(14)2-3-9(10)13(20)21/h2-6,11H,15H2,1H3,(H,17,19)(H,20,21). The summed E-state index contributed by atoms with van der Waals surface area (Å²) in [5, 5.41) is 15.2. The van der Waals surface area contributed by atoms with Crippen molar-refractivity contribution in [2.24, 2.45) is 12.8 Å². The van der Waals surface area contributed by atoms with Gasteiger partial charge in [0.15, 0.2) is 0 Å². The van der Waals surface area contributed by atoms with Gasteiger partial charge in [0.05, 0.1) is 17.4 Å². The zero-order valence-electron chi connectivity index (χ0n) is 11.1. The first-order valence-electron chi connectivity index (χ1n) is 5.96. The fourth-order valence-electron chi connectivity index (χ4n) is 1.77. The maximum atomic E-state index is 13.2. The maximum absolute atomic E-state index is 13.2. The summed E-state index contributed by atoms with van der Waals surface area (Å²) in [4.78, 5) is 23.1. The monoisotopic (exact) mass is 292 g/mol. The Kier molecular flexibility index (Phi) is 3.99. The number of amides is 1. The molecule has 4 N–H and O–H groups in total. The van der Waals surface area contributed by atoms with E-state index in [0.29, 0.717) is 5.56 Å². The first kappa shape index (κ1) is 14.7. The van der Waals surface area contributed by atoms with Crippen LogP contribution in [0.15, 0.2) is 30.6 Å². The van der Waals surface area contributed by atoms with Crippen molar-refractivity contribution in [3.63, 3.8) is 0 Å². The van der Waals surface area contributed by atoms with Crippen LogP contribution in [-0.2, 0) is 11.8 Å². The molecule has 110 valence electrons. The number of halogens is 1. The molecule has 1 atom stereocenters. The Hall–Kier alpha value is -2.74. The number of carbonyl (C=O) groups is 2. The number of nitrogens with one attached hydrogen (secondary N) is 1. The van der Waals surface area contributed by atoms with Crippen LogP contribution in [0.1, 0.15) is 22.0 Å². The summed E-state index contributed by atoms with van der Waals surface area (Å²) < 4.78 is 14.7. The van der Waals surface area contributed by atoms with Crippen molar-refractivity contribution in [1.29, 1.82) is 0 Å². The van der Waals surface area contributed by atoms with Crippen molar-refractivity contribution in [2.75, 3.05) is 5.32 Å². The number of aryl methyl sites for hydroxylation is 1. The van der Waals surface area contributed by atoms with Crippen molar-refractivity contribution in [3.05, 3.63) is 47.5 Å². The Morgan fingerprint density at radius 2 is 2.19 bits per heavy atom. The number of rotatable bonds is 4. The normalized spacial score (nSPS) is 12.0. The van der Waals surface area contributed by atoms with E-state index in [2.05, 4.69) is 10.4 Å². The molecule has 1 unspecified atom stereocenters. The van der Waals surface area contributed by atoms with Gasteiger partial charge < -0.3 is 16.2 Å². The molecule has 8 heteroatoms. The molecule has 0 aliphatic carbocycles. The predicted octanol–water partition coefficient (Wildman–Crippen LogP) is 0.896. The van der Waals surface area contributed by atoms with Gasteiger partial charge in [0.25, 0.3) is 0 Å². The summed E-state index contributed by atoms with van der Waals surface area (Å²) in [7, 11) is 1.67. The number of nitrogens with zero attached hydrogens (tertiary/aromatic N) is 2. The summed E-state index contributed by atoms with van der Waals surface area (Å²) in [6.45, 7) is 0. The molecule has 1 aromatic heterocycles. The van der Waals surface area contributed by atoms with Crippen molar-refractivity contribution < 1.29 is 19.1 Å². The van der Waals surface area contributed by atoms with Gasteiger partial charge in [0.2, 0.25) is 5.91 Å². The molecule has 0 bridgehead atoms. The second kappa shape index (κ2) is 5.71. The lowest BCUT2D eigenvalue weighted by atomic mass is 10.1. The second-order valence-corrected chi connectivity index (χ2v) is 4.41. The number of carboxylic acids is 1. The van der Waals surface area contributed by atoms with Crippen LogP contribution >= 0.6 is 0 Å². The molecule has 0 aliphatic heterocycles. The molecule has 1 aromatic carbocycles. The molecule has 0 spiro atoms. The Balaban J connectivity index is 2.23. The van der Waals surface area contributed by atoms with E-state index in [1.165, 1.54) is 10.9 Å². The van der Waals surface area contributed by atoms with Crippen LogP contribution in [0.5, 0.6) is 0 Å². The zero-order valence-corrected chi connectivity index (χ0v) is 11.1. The minimum atomic E-state index is -1.28. The third-order valence-electron chi connectivity index (χ3n) is 2.84. The number of anilines is 1. The highest BCUT2D eigenvalue weighted by Crippen LogP contribution is 2.19. The zero-order chi connectivity index (χ0) is 15.6. The lowest BCUT2D eigenvalue weighted by Crippen LogP contribution is -2.28. The maximum Gasteiger partial charge on any atom is 0.337 e. The second-order valence-electron chi connectivity index (χ2n) is 4.41. The van der Waals surface area contributed by atoms with Gasteiger partial charge in [-0.1, -0.05) is 0 Å². The molecule has 0 aliphatic rings. The van der Waals surface area contributed by atoms with Gasteiger partial charge in [-0.2, -0.15) is 5.10 Å². The minimum absolute atomic E-state index is 0.146. The first-order valence-corrected chi connectivity index (χ1v) is 5.96. The number of carbonyl (C=O) groups excluding carboxylic acids is 1. The highest BCUT2D eigenvalue weighted by molar-refractivity contribution is 6.02. The van der Waals surface area contributed by atoms with Gasteiger partial charge in [-0.05, 0) is 18.2 Å². The quantitative estimate of drug-likeness (QED) is 0.775. The average Bonchev–Trinajstić information content (AvgIpc) is 2.84. The molecule has 0 saturated heterocycles.